The first-order chi connectivity index (χ1) is 10.4. The number of benzene rings is 1. The number of halogens is 1. The maximum atomic E-state index is 14.4. The number of nitrogens with two attached hydrogens (primary N) is 1. The maximum Gasteiger partial charge on any atom is 0.239 e. The molecule has 1 aliphatic rings. The van der Waals surface area contributed by atoms with Gasteiger partial charge in [-0.3, -0.25) is 4.79 Å². The molecule has 4 N–H and O–H groups in total. The largest absolute Gasteiger partial charge is 0.506 e. The highest BCUT2D eigenvalue weighted by Crippen LogP contribution is 2.35. The lowest BCUT2D eigenvalue weighted by Crippen LogP contribution is -2.39. The molecule has 1 heterocycles. The smallest absolute Gasteiger partial charge is 0.239 e. The van der Waals surface area contributed by atoms with Crippen LogP contribution in [0.25, 0.3) is 0 Å². The van der Waals surface area contributed by atoms with Gasteiger partial charge in [-0.1, -0.05) is 0 Å². The molecule has 1 amide bonds. The maximum absolute atomic E-state index is 14.4. The highest BCUT2D eigenvalue weighted by Gasteiger charge is 2.21. The summed E-state index contributed by atoms with van der Waals surface area (Å²) in [6, 6.07) is 3.12. The fraction of sp³-hybridized carbons (Fsp3) is 0.533. The van der Waals surface area contributed by atoms with E-state index in [2.05, 4.69) is 5.32 Å². The monoisotopic (exact) mass is 310 g/mol. The molecular formula is C15H23FN4O2. The second-order valence-corrected chi connectivity index (χ2v) is 5.65. The van der Waals surface area contributed by atoms with Crippen LogP contribution in [0.2, 0.25) is 0 Å². The minimum atomic E-state index is -0.545. The van der Waals surface area contributed by atoms with E-state index in [4.69, 9.17) is 5.73 Å². The first-order valence-corrected chi connectivity index (χ1v) is 7.37. The molecule has 6 nitrogen and oxygen atoms in total. The number of aromatic hydroxyl groups is 1. The van der Waals surface area contributed by atoms with Crippen molar-refractivity contribution in [2.75, 3.05) is 43.5 Å². The third-order valence-electron chi connectivity index (χ3n) is 3.97. The van der Waals surface area contributed by atoms with Crippen LogP contribution in [0.5, 0.6) is 5.75 Å². The van der Waals surface area contributed by atoms with E-state index in [1.807, 2.05) is 4.90 Å². The van der Waals surface area contributed by atoms with Gasteiger partial charge < -0.3 is 26.0 Å². The van der Waals surface area contributed by atoms with Crippen LogP contribution in [0.4, 0.5) is 15.8 Å². The number of carbonyl (C=O) groups is 1. The number of phenols is 1. The summed E-state index contributed by atoms with van der Waals surface area (Å²) >= 11 is 0. The molecule has 1 aliphatic heterocycles. The van der Waals surface area contributed by atoms with Gasteiger partial charge in [0.15, 0.2) is 5.82 Å². The van der Waals surface area contributed by atoms with E-state index in [0.29, 0.717) is 5.69 Å². The van der Waals surface area contributed by atoms with E-state index >= 15 is 0 Å². The number of rotatable bonds is 4. The number of amides is 1. The van der Waals surface area contributed by atoms with Crippen molar-refractivity contribution in [3.8, 4) is 5.75 Å². The highest BCUT2D eigenvalue weighted by atomic mass is 19.1. The van der Waals surface area contributed by atoms with E-state index in [9.17, 15) is 14.3 Å². The molecule has 1 aromatic carbocycles. The van der Waals surface area contributed by atoms with Crippen molar-refractivity contribution in [2.24, 2.45) is 5.73 Å². The van der Waals surface area contributed by atoms with Gasteiger partial charge in [-0.2, -0.15) is 0 Å². The van der Waals surface area contributed by atoms with E-state index in [0.717, 1.165) is 25.9 Å². The molecule has 2 rings (SSSR count). The standard InChI is InChI=1S/C15H23FN4O2/c1-18-14(22)9-19(2)15-12(16)7-11(8-13(15)21)20-5-3-10(17)4-6-20/h7-8,10,21H,3-6,9,17H2,1-2H3,(H,18,22). The number of anilines is 2. The summed E-state index contributed by atoms with van der Waals surface area (Å²) < 4.78 is 14.4. The van der Waals surface area contributed by atoms with E-state index in [1.165, 1.54) is 24.1 Å². The van der Waals surface area contributed by atoms with Gasteiger partial charge in [0.25, 0.3) is 0 Å². The molecule has 0 aromatic heterocycles. The van der Waals surface area contributed by atoms with Gasteiger partial charge in [-0.25, -0.2) is 4.39 Å². The minimum Gasteiger partial charge on any atom is -0.506 e. The fourth-order valence-electron chi connectivity index (χ4n) is 2.66. The molecule has 7 heteroatoms. The number of nitrogens with zero attached hydrogens (tertiary/aromatic N) is 2. The third kappa shape index (κ3) is 3.59. The fourth-order valence-corrected chi connectivity index (χ4v) is 2.66. The normalized spacial score (nSPS) is 15.7. The number of hydrogen-bond donors (Lipinski definition) is 3. The average molecular weight is 310 g/mol. The first kappa shape index (κ1) is 16.4. The van der Waals surface area contributed by atoms with Crippen LogP contribution in [-0.4, -0.2) is 50.8 Å². The Bertz CT molecular complexity index is 521. The Kier molecular flexibility index (Phi) is 5.07. The molecule has 0 saturated carbocycles. The molecule has 0 spiro atoms. The molecule has 0 aliphatic carbocycles. The van der Waals surface area contributed by atoms with E-state index in [1.54, 1.807) is 7.05 Å². The zero-order valence-corrected chi connectivity index (χ0v) is 13.0. The number of nitrogens with one attached hydrogen (secondary N) is 1. The zero-order chi connectivity index (χ0) is 16.3. The number of phenolic OH excluding ortho intramolecular Hbond substituents is 1. The SMILES string of the molecule is CNC(=O)CN(C)c1c(O)cc(N2CCC(N)CC2)cc1F. The molecule has 1 saturated heterocycles. The molecule has 122 valence electrons. The predicted molar refractivity (Wildman–Crippen MR) is 84.8 cm³/mol. The zero-order valence-electron chi connectivity index (χ0n) is 13.0. The van der Waals surface area contributed by atoms with Crippen LogP contribution in [0.3, 0.4) is 0 Å². The lowest BCUT2D eigenvalue weighted by molar-refractivity contribution is -0.119. The lowest BCUT2D eigenvalue weighted by atomic mass is 10.1. The van der Waals surface area contributed by atoms with Crippen LogP contribution in [0, 0.1) is 5.82 Å². The van der Waals surface area contributed by atoms with Crippen LogP contribution in [-0.2, 0) is 4.79 Å². The number of likely N-dealkylation sites (N-methyl/N-ethyl adjacent to an activating group) is 2. The molecule has 0 bridgehead atoms. The molecule has 0 radical (unpaired) electrons. The van der Waals surface area contributed by atoms with E-state index in [-0.39, 0.29) is 29.9 Å². The molecule has 0 atom stereocenters. The predicted octanol–water partition coefficient (Wildman–Crippen LogP) is 0.641. The minimum absolute atomic E-state index is 0.0288. The molecule has 0 unspecified atom stereocenters. The van der Waals surface area contributed by atoms with Crippen molar-refractivity contribution in [3.05, 3.63) is 17.9 Å². The summed E-state index contributed by atoms with van der Waals surface area (Å²) in [4.78, 5) is 14.8. The van der Waals surface area contributed by atoms with Gasteiger partial charge in [0.1, 0.15) is 11.4 Å². The Hall–Kier alpha value is -2.02. The van der Waals surface area contributed by atoms with Crippen molar-refractivity contribution in [3.63, 3.8) is 0 Å². The first-order valence-electron chi connectivity index (χ1n) is 7.37. The van der Waals surface area contributed by atoms with Gasteiger partial charge in [-0.05, 0) is 18.9 Å². The van der Waals surface area contributed by atoms with Gasteiger partial charge in [-0.15, -0.1) is 0 Å². The van der Waals surface area contributed by atoms with Crippen molar-refractivity contribution < 1.29 is 14.3 Å². The second-order valence-electron chi connectivity index (χ2n) is 5.65. The quantitative estimate of drug-likeness (QED) is 0.760. The Balaban J connectivity index is 2.19. The van der Waals surface area contributed by atoms with Crippen molar-refractivity contribution in [1.29, 1.82) is 0 Å². The lowest BCUT2D eigenvalue weighted by Gasteiger charge is -2.32. The van der Waals surface area contributed by atoms with Crippen molar-refractivity contribution in [2.45, 2.75) is 18.9 Å². The van der Waals surface area contributed by atoms with Gasteiger partial charge >= 0.3 is 0 Å². The van der Waals surface area contributed by atoms with Crippen LogP contribution in [0.1, 0.15) is 12.8 Å². The number of hydrogen-bond acceptors (Lipinski definition) is 5. The number of carbonyl (C=O) groups excluding carboxylic acids is 1. The summed E-state index contributed by atoms with van der Waals surface area (Å²) in [5, 5.41) is 12.6. The Labute approximate surface area is 129 Å². The van der Waals surface area contributed by atoms with Crippen molar-refractivity contribution >= 4 is 17.3 Å². The van der Waals surface area contributed by atoms with Gasteiger partial charge in [0, 0.05) is 45.0 Å². The Morgan fingerprint density at radius 2 is 2.14 bits per heavy atom. The van der Waals surface area contributed by atoms with Crippen LogP contribution >= 0.6 is 0 Å². The van der Waals surface area contributed by atoms with Gasteiger partial charge in [0.05, 0.1) is 6.54 Å². The Morgan fingerprint density at radius 1 is 1.50 bits per heavy atom. The highest BCUT2D eigenvalue weighted by molar-refractivity contribution is 5.82. The van der Waals surface area contributed by atoms with Gasteiger partial charge in [0.2, 0.25) is 5.91 Å². The summed E-state index contributed by atoms with van der Waals surface area (Å²) in [6.45, 7) is 1.46. The average Bonchev–Trinajstić information content (AvgIpc) is 2.47. The Morgan fingerprint density at radius 3 is 2.68 bits per heavy atom. The van der Waals surface area contributed by atoms with Crippen LogP contribution in [0.15, 0.2) is 12.1 Å². The van der Waals surface area contributed by atoms with Crippen LogP contribution < -0.4 is 20.9 Å². The number of piperidine rings is 1. The molecule has 1 aromatic rings. The second kappa shape index (κ2) is 6.83. The third-order valence-corrected chi connectivity index (χ3v) is 3.97. The molecule has 22 heavy (non-hydrogen) atoms. The molecule has 1 fully saturated rings. The summed E-state index contributed by atoms with van der Waals surface area (Å²) in [5.41, 5.74) is 6.53. The topological polar surface area (TPSA) is 81.8 Å². The summed E-state index contributed by atoms with van der Waals surface area (Å²) in [6.07, 6.45) is 1.70. The van der Waals surface area contributed by atoms with E-state index < -0.39 is 5.82 Å². The summed E-state index contributed by atoms with van der Waals surface area (Å²) in [7, 11) is 3.07. The molecular weight excluding hydrogens is 287 g/mol. The van der Waals surface area contributed by atoms with Crippen molar-refractivity contribution in [1.82, 2.24) is 5.32 Å². The summed E-state index contributed by atoms with van der Waals surface area (Å²) in [5.74, 6) is -0.969.